The molecule has 6 aromatic carbocycles. The molecule has 0 aliphatic carbocycles. The highest BCUT2D eigenvalue weighted by molar-refractivity contribution is 5.89. The van der Waals surface area contributed by atoms with Gasteiger partial charge in [-0.2, -0.15) is 0 Å². The number of ether oxygens (including phenoxy) is 4. The Bertz CT molecular complexity index is 2060. The average molecular weight is 757 g/mol. The Morgan fingerprint density at radius 1 is 0.500 bits per heavy atom. The number of hydrogen-bond donors (Lipinski definition) is 2. The largest absolute Gasteiger partial charge is 0.493 e. The molecule has 290 valence electrons. The second kappa shape index (κ2) is 17.8. The standard InChI is InChI=1S/C46H48N2O8/c1-47(2)45(35-21-7-5-8-22-35,29-31-53-39-27-15-19-33-17-11-13-25-37(33)39)55-43(51)41(49)42(50)44(52)56-46(48(3)4,36-23-9-6-10-24-36)30-32-54-40-28-16-20-34-18-12-14-26-38(34)40/h5-28,41-42,49-50H,29-32H2,1-4H3/t41?,42?,45-,46-/m0/s1. The SMILES string of the molecule is CN(C)[C@@](CCOc1cccc2ccccc12)(OC(=O)C(O)C(O)C(=O)O[C@@](CCOc1cccc2ccccc12)(c1ccccc1)N(C)C)c1ccccc1. The summed E-state index contributed by atoms with van der Waals surface area (Å²) in [6.07, 6.45) is -4.29. The lowest BCUT2D eigenvalue weighted by molar-refractivity contribution is -0.213. The first kappa shape index (κ1) is 39.9. The van der Waals surface area contributed by atoms with Gasteiger partial charge in [-0.25, -0.2) is 9.59 Å². The smallest absolute Gasteiger partial charge is 0.340 e. The van der Waals surface area contributed by atoms with Crippen molar-refractivity contribution in [3.05, 3.63) is 157 Å². The van der Waals surface area contributed by atoms with Gasteiger partial charge in [0.05, 0.1) is 13.2 Å². The fourth-order valence-corrected chi connectivity index (χ4v) is 7.01. The first-order chi connectivity index (χ1) is 27.1. The summed E-state index contributed by atoms with van der Waals surface area (Å²) in [6.45, 7) is 0.247. The molecule has 2 N–H and O–H groups in total. The number of aliphatic hydroxyl groups excluding tert-OH is 2. The highest BCUT2D eigenvalue weighted by Gasteiger charge is 2.46. The lowest BCUT2D eigenvalue weighted by Gasteiger charge is -2.41. The van der Waals surface area contributed by atoms with Crippen LogP contribution in [0.3, 0.4) is 0 Å². The summed E-state index contributed by atoms with van der Waals surface area (Å²) in [5, 5.41) is 26.5. The first-order valence-electron chi connectivity index (χ1n) is 18.5. The van der Waals surface area contributed by atoms with Crippen LogP contribution >= 0.6 is 0 Å². The van der Waals surface area contributed by atoms with Crippen LogP contribution in [0.1, 0.15) is 24.0 Å². The van der Waals surface area contributed by atoms with E-state index in [-0.39, 0.29) is 26.1 Å². The Hall–Kier alpha value is -5.78. The highest BCUT2D eigenvalue weighted by Crippen LogP contribution is 2.36. The Morgan fingerprint density at radius 2 is 0.839 bits per heavy atom. The molecule has 6 aromatic rings. The van der Waals surface area contributed by atoms with Gasteiger partial charge in [0.25, 0.3) is 0 Å². The van der Waals surface area contributed by atoms with E-state index in [9.17, 15) is 19.8 Å². The Balaban J connectivity index is 1.21. The molecule has 0 heterocycles. The minimum atomic E-state index is -2.29. The predicted octanol–water partition coefficient (Wildman–Crippen LogP) is 6.87. The fraction of sp³-hybridized carbons (Fsp3) is 0.261. The van der Waals surface area contributed by atoms with E-state index in [1.54, 1.807) is 62.3 Å². The number of aliphatic hydroxyl groups is 2. The van der Waals surface area contributed by atoms with Crippen LogP contribution in [0.2, 0.25) is 0 Å². The molecule has 0 fully saturated rings. The molecule has 0 saturated carbocycles. The molecule has 6 rings (SSSR count). The summed E-state index contributed by atoms with van der Waals surface area (Å²) < 4.78 is 24.7. The molecule has 0 aromatic heterocycles. The van der Waals surface area contributed by atoms with Gasteiger partial charge in [-0.3, -0.25) is 9.80 Å². The van der Waals surface area contributed by atoms with Crippen molar-refractivity contribution in [2.75, 3.05) is 41.4 Å². The number of carbonyl (C=O) groups is 2. The van der Waals surface area contributed by atoms with E-state index in [1.807, 2.05) is 121 Å². The van der Waals surface area contributed by atoms with Crippen LogP contribution < -0.4 is 9.47 Å². The van der Waals surface area contributed by atoms with Gasteiger partial charge >= 0.3 is 11.9 Å². The quantitative estimate of drug-likeness (QED) is 0.0755. The minimum Gasteiger partial charge on any atom is -0.493 e. The maximum atomic E-state index is 13.9. The number of rotatable bonds is 17. The van der Waals surface area contributed by atoms with E-state index in [2.05, 4.69) is 0 Å². The summed E-state index contributed by atoms with van der Waals surface area (Å²) in [4.78, 5) is 31.1. The third kappa shape index (κ3) is 8.54. The lowest BCUT2D eigenvalue weighted by Crippen LogP contribution is -2.53. The van der Waals surface area contributed by atoms with E-state index >= 15 is 0 Å². The summed E-state index contributed by atoms with van der Waals surface area (Å²) in [6, 6.07) is 45.4. The normalized spacial score (nSPS) is 14.8. The van der Waals surface area contributed by atoms with Crippen molar-refractivity contribution in [2.24, 2.45) is 0 Å². The summed E-state index contributed by atoms with van der Waals surface area (Å²) >= 11 is 0. The van der Waals surface area contributed by atoms with Gasteiger partial charge in [0, 0.05) is 34.7 Å². The number of carbonyl (C=O) groups excluding carboxylic acids is 2. The maximum absolute atomic E-state index is 13.9. The van der Waals surface area contributed by atoms with Gasteiger partial charge in [-0.1, -0.05) is 133 Å². The summed E-state index contributed by atoms with van der Waals surface area (Å²) in [5.74, 6) is -1.10. The predicted molar refractivity (Wildman–Crippen MR) is 216 cm³/mol. The highest BCUT2D eigenvalue weighted by atomic mass is 16.6. The molecular formula is C46H48N2O8. The zero-order valence-corrected chi connectivity index (χ0v) is 32.1. The zero-order valence-electron chi connectivity index (χ0n) is 32.1. The molecule has 0 aliphatic heterocycles. The van der Waals surface area contributed by atoms with Crippen molar-refractivity contribution < 1.29 is 38.7 Å². The molecule has 0 spiro atoms. The summed E-state index contributed by atoms with van der Waals surface area (Å²) in [7, 11) is 6.95. The van der Waals surface area contributed by atoms with E-state index in [0.29, 0.717) is 22.6 Å². The lowest BCUT2D eigenvalue weighted by atomic mass is 9.97. The summed E-state index contributed by atoms with van der Waals surface area (Å²) in [5.41, 5.74) is -1.70. The van der Waals surface area contributed by atoms with Crippen LogP contribution in [-0.2, 0) is 30.5 Å². The zero-order chi connectivity index (χ0) is 39.7. The third-order valence-electron chi connectivity index (χ3n) is 10.1. The third-order valence-corrected chi connectivity index (χ3v) is 10.1. The molecule has 0 saturated heterocycles. The Kier molecular flexibility index (Phi) is 12.7. The van der Waals surface area contributed by atoms with Gasteiger partial charge in [-0.15, -0.1) is 0 Å². The van der Waals surface area contributed by atoms with Crippen molar-refractivity contribution in [1.82, 2.24) is 9.80 Å². The van der Waals surface area contributed by atoms with Gasteiger partial charge < -0.3 is 29.2 Å². The topological polar surface area (TPSA) is 118 Å². The second-order valence-corrected chi connectivity index (χ2v) is 14.0. The van der Waals surface area contributed by atoms with Crippen molar-refractivity contribution in [2.45, 2.75) is 36.5 Å². The van der Waals surface area contributed by atoms with Crippen molar-refractivity contribution in [3.8, 4) is 11.5 Å². The van der Waals surface area contributed by atoms with Gasteiger partial charge in [-0.05, 0) is 51.1 Å². The van der Waals surface area contributed by atoms with Crippen LogP contribution in [0.4, 0.5) is 0 Å². The van der Waals surface area contributed by atoms with E-state index in [4.69, 9.17) is 18.9 Å². The molecular weight excluding hydrogens is 709 g/mol. The molecule has 56 heavy (non-hydrogen) atoms. The van der Waals surface area contributed by atoms with E-state index < -0.39 is 35.6 Å². The number of benzene rings is 6. The van der Waals surface area contributed by atoms with Gasteiger partial charge in [0.15, 0.2) is 23.7 Å². The number of hydrogen-bond acceptors (Lipinski definition) is 10. The van der Waals surface area contributed by atoms with Gasteiger partial charge in [0.1, 0.15) is 11.5 Å². The van der Waals surface area contributed by atoms with Crippen molar-refractivity contribution in [3.63, 3.8) is 0 Å². The van der Waals surface area contributed by atoms with Crippen LogP contribution in [-0.4, -0.2) is 85.6 Å². The van der Waals surface area contributed by atoms with Crippen molar-refractivity contribution in [1.29, 1.82) is 0 Å². The monoisotopic (exact) mass is 756 g/mol. The van der Waals surface area contributed by atoms with Crippen LogP contribution in [0, 0.1) is 0 Å². The Morgan fingerprint density at radius 3 is 1.21 bits per heavy atom. The number of nitrogens with zero attached hydrogens (tertiary/aromatic N) is 2. The molecule has 2 unspecified atom stereocenters. The number of esters is 2. The molecule has 0 radical (unpaired) electrons. The maximum Gasteiger partial charge on any atom is 0.340 e. The molecule has 0 amide bonds. The fourth-order valence-electron chi connectivity index (χ4n) is 7.01. The molecule has 0 aliphatic rings. The van der Waals surface area contributed by atoms with Crippen LogP contribution in [0.25, 0.3) is 21.5 Å². The van der Waals surface area contributed by atoms with E-state index in [0.717, 1.165) is 21.5 Å². The van der Waals surface area contributed by atoms with E-state index in [1.165, 1.54) is 0 Å². The second-order valence-electron chi connectivity index (χ2n) is 14.0. The Labute approximate surface area is 327 Å². The van der Waals surface area contributed by atoms with Gasteiger partial charge in [0.2, 0.25) is 0 Å². The first-order valence-corrected chi connectivity index (χ1v) is 18.5. The van der Waals surface area contributed by atoms with Crippen LogP contribution in [0.5, 0.6) is 11.5 Å². The molecule has 10 nitrogen and oxygen atoms in total. The minimum absolute atomic E-state index is 0.123. The van der Waals surface area contributed by atoms with Crippen LogP contribution in [0.15, 0.2) is 146 Å². The number of fused-ring (bicyclic) bond motifs is 2. The molecule has 10 heteroatoms. The van der Waals surface area contributed by atoms with Crippen molar-refractivity contribution >= 4 is 33.5 Å². The molecule has 0 bridgehead atoms. The average Bonchev–Trinajstić information content (AvgIpc) is 3.22. The molecule has 4 atom stereocenters.